The molecule has 140 valence electrons. The zero-order valence-corrected chi connectivity index (χ0v) is 16.2. The molecule has 3 rings (SSSR count). The smallest absolute Gasteiger partial charge is 0.222 e. The molecule has 2 fully saturated rings. The van der Waals surface area contributed by atoms with Gasteiger partial charge in [0.05, 0.1) is 23.2 Å². The molecule has 2 saturated heterocycles. The number of carbonyl (C=O) groups excluding carboxylic acids is 1. The Morgan fingerprint density at radius 3 is 2.88 bits per heavy atom. The summed E-state index contributed by atoms with van der Waals surface area (Å²) in [6, 6.07) is 0. The third-order valence-electron chi connectivity index (χ3n) is 5.27. The number of carbonyl (C=O) groups is 1. The standard InChI is InChI=1S/C19H31N3O2S/c1-2-19-21-16(14-25-19)13-22-8-6-15(7-9-22)12-20-18(23)11-17-5-3-4-10-24-17/h14-15,17H,2-13H2,1H3,(H,20,23). The SMILES string of the molecule is CCc1nc(CN2CCC(CNC(=O)CC3CCCCO3)CC2)cs1. The van der Waals surface area contributed by atoms with Gasteiger partial charge < -0.3 is 10.1 Å². The molecule has 2 aliphatic heterocycles. The van der Waals surface area contributed by atoms with Gasteiger partial charge in [0.25, 0.3) is 0 Å². The van der Waals surface area contributed by atoms with Crippen LogP contribution in [0.25, 0.3) is 0 Å². The van der Waals surface area contributed by atoms with Gasteiger partial charge in [0.15, 0.2) is 0 Å². The summed E-state index contributed by atoms with van der Waals surface area (Å²) >= 11 is 1.77. The Labute approximate surface area is 155 Å². The van der Waals surface area contributed by atoms with Crippen LogP contribution in [0.3, 0.4) is 0 Å². The molecule has 1 atom stereocenters. The van der Waals surface area contributed by atoms with E-state index < -0.39 is 0 Å². The maximum atomic E-state index is 12.1. The third kappa shape index (κ3) is 6.04. The molecule has 0 aliphatic carbocycles. The van der Waals surface area contributed by atoms with Gasteiger partial charge in [0.1, 0.15) is 0 Å². The predicted molar refractivity (Wildman–Crippen MR) is 101 cm³/mol. The molecule has 0 bridgehead atoms. The second kappa shape index (κ2) is 9.64. The second-order valence-electron chi connectivity index (χ2n) is 7.30. The summed E-state index contributed by atoms with van der Waals surface area (Å²) in [6.45, 7) is 6.96. The number of hydrogen-bond donors (Lipinski definition) is 1. The van der Waals surface area contributed by atoms with E-state index in [4.69, 9.17) is 4.74 Å². The lowest BCUT2D eigenvalue weighted by molar-refractivity contribution is -0.125. The molecule has 1 aromatic rings. The molecular weight excluding hydrogens is 334 g/mol. The van der Waals surface area contributed by atoms with E-state index in [1.807, 2.05) is 0 Å². The summed E-state index contributed by atoms with van der Waals surface area (Å²) in [7, 11) is 0. The van der Waals surface area contributed by atoms with Gasteiger partial charge in [-0.15, -0.1) is 11.3 Å². The second-order valence-corrected chi connectivity index (χ2v) is 8.25. The van der Waals surface area contributed by atoms with Crippen LogP contribution in [0.5, 0.6) is 0 Å². The van der Waals surface area contributed by atoms with Gasteiger partial charge in [0, 0.05) is 25.1 Å². The molecule has 1 amide bonds. The van der Waals surface area contributed by atoms with Crippen LogP contribution in [0.15, 0.2) is 5.38 Å². The first-order valence-corrected chi connectivity index (χ1v) is 10.6. The summed E-state index contributed by atoms with van der Waals surface area (Å²) < 4.78 is 5.65. The molecule has 0 aromatic carbocycles. The van der Waals surface area contributed by atoms with Crippen molar-refractivity contribution in [3.8, 4) is 0 Å². The lowest BCUT2D eigenvalue weighted by atomic mass is 9.96. The summed E-state index contributed by atoms with van der Waals surface area (Å²) in [5.41, 5.74) is 1.21. The first-order valence-electron chi connectivity index (χ1n) is 9.77. The molecule has 5 nitrogen and oxygen atoms in total. The third-order valence-corrected chi connectivity index (χ3v) is 6.31. The Bertz CT molecular complexity index is 535. The highest BCUT2D eigenvalue weighted by atomic mass is 32.1. The number of nitrogens with zero attached hydrogens (tertiary/aromatic N) is 2. The fourth-order valence-electron chi connectivity index (χ4n) is 3.67. The van der Waals surface area contributed by atoms with Crippen LogP contribution in [-0.2, 0) is 22.5 Å². The number of hydrogen-bond acceptors (Lipinski definition) is 5. The molecule has 1 aromatic heterocycles. The molecule has 1 unspecified atom stereocenters. The van der Waals surface area contributed by atoms with Gasteiger partial charge in [-0.25, -0.2) is 4.98 Å². The normalized spacial score (nSPS) is 22.8. The Morgan fingerprint density at radius 2 is 2.20 bits per heavy atom. The zero-order valence-electron chi connectivity index (χ0n) is 15.3. The van der Waals surface area contributed by atoms with Crippen molar-refractivity contribution in [3.05, 3.63) is 16.1 Å². The number of aryl methyl sites for hydroxylation is 1. The minimum atomic E-state index is 0.140. The molecular formula is C19H31N3O2S. The number of amides is 1. The van der Waals surface area contributed by atoms with E-state index in [-0.39, 0.29) is 12.0 Å². The maximum Gasteiger partial charge on any atom is 0.222 e. The molecule has 0 spiro atoms. The Morgan fingerprint density at radius 1 is 1.36 bits per heavy atom. The number of thiazole rings is 1. The fourth-order valence-corrected chi connectivity index (χ4v) is 4.40. The largest absolute Gasteiger partial charge is 0.378 e. The van der Waals surface area contributed by atoms with Gasteiger partial charge >= 0.3 is 0 Å². The van der Waals surface area contributed by atoms with Crippen LogP contribution < -0.4 is 5.32 Å². The van der Waals surface area contributed by atoms with Crippen LogP contribution in [0.4, 0.5) is 0 Å². The zero-order chi connectivity index (χ0) is 17.5. The minimum Gasteiger partial charge on any atom is -0.378 e. The molecule has 0 saturated carbocycles. The fraction of sp³-hybridized carbons (Fsp3) is 0.789. The van der Waals surface area contributed by atoms with Crippen molar-refractivity contribution in [1.82, 2.24) is 15.2 Å². The highest BCUT2D eigenvalue weighted by Crippen LogP contribution is 2.20. The van der Waals surface area contributed by atoms with E-state index >= 15 is 0 Å². The van der Waals surface area contributed by atoms with Crippen LogP contribution in [0.2, 0.25) is 0 Å². The van der Waals surface area contributed by atoms with E-state index in [9.17, 15) is 4.79 Å². The van der Waals surface area contributed by atoms with Crippen molar-refractivity contribution in [2.75, 3.05) is 26.2 Å². The number of ether oxygens (including phenoxy) is 1. The monoisotopic (exact) mass is 365 g/mol. The molecule has 25 heavy (non-hydrogen) atoms. The average Bonchev–Trinajstić information content (AvgIpc) is 3.10. The number of rotatable bonds is 7. The lowest BCUT2D eigenvalue weighted by Crippen LogP contribution is -2.39. The molecule has 6 heteroatoms. The van der Waals surface area contributed by atoms with Crippen molar-refractivity contribution in [2.45, 2.75) is 64.5 Å². The lowest BCUT2D eigenvalue weighted by Gasteiger charge is -2.31. The average molecular weight is 366 g/mol. The summed E-state index contributed by atoms with van der Waals surface area (Å²) in [5, 5.41) is 6.55. The highest BCUT2D eigenvalue weighted by Gasteiger charge is 2.22. The molecule has 1 N–H and O–H groups in total. The maximum absolute atomic E-state index is 12.1. The van der Waals surface area contributed by atoms with Crippen LogP contribution >= 0.6 is 11.3 Å². The van der Waals surface area contributed by atoms with Crippen molar-refractivity contribution in [3.63, 3.8) is 0 Å². The molecule has 3 heterocycles. The van der Waals surface area contributed by atoms with Crippen LogP contribution in [-0.4, -0.2) is 48.1 Å². The highest BCUT2D eigenvalue weighted by molar-refractivity contribution is 7.09. The molecule has 2 aliphatic rings. The van der Waals surface area contributed by atoms with Crippen LogP contribution in [0, 0.1) is 5.92 Å². The van der Waals surface area contributed by atoms with Gasteiger partial charge in [-0.2, -0.15) is 0 Å². The first-order chi connectivity index (χ1) is 12.2. The van der Waals surface area contributed by atoms with Crippen molar-refractivity contribution in [1.29, 1.82) is 0 Å². The van der Waals surface area contributed by atoms with Crippen LogP contribution in [0.1, 0.15) is 56.2 Å². The summed E-state index contributed by atoms with van der Waals surface area (Å²) in [4.78, 5) is 19.2. The minimum absolute atomic E-state index is 0.140. The Hall–Kier alpha value is -0.980. The van der Waals surface area contributed by atoms with Gasteiger partial charge in [-0.1, -0.05) is 6.92 Å². The van der Waals surface area contributed by atoms with Crippen molar-refractivity contribution in [2.24, 2.45) is 5.92 Å². The molecule has 0 radical (unpaired) electrons. The number of aromatic nitrogens is 1. The van der Waals surface area contributed by atoms with E-state index in [1.54, 1.807) is 11.3 Å². The van der Waals surface area contributed by atoms with Gasteiger partial charge in [-0.3, -0.25) is 9.69 Å². The number of piperidine rings is 1. The predicted octanol–water partition coefficient (Wildman–Crippen LogP) is 2.99. The van der Waals surface area contributed by atoms with E-state index in [0.717, 1.165) is 64.9 Å². The van der Waals surface area contributed by atoms with Gasteiger partial charge in [0.2, 0.25) is 5.91 Å². The summed E-state index contributed by atoms with van der Waals surface area (Å²) in [5.74, 6) is 0.762. The van der Waals surface area contributed by atoms with E-state index in [1.165, 1.54) is 17.1 Å². The van der Waals surface area contributed by atoms with Gasteiger partial charge in [-0.05, 0) is 57.5 Å². The Kier molecular flexibility index (Phi) is 7.25. The Balaban J connectivity index is 1.31. The quantitative estimate of drug-likeness (QED) is 0.807. The summed E-state index contributed by atoms with van der Waals surface area (Å²) in [6.07, 6.45) is 7.37. The van der Waals surface area contributed by atoms with E-state index in [2.05, 4.69) is 27.5 Å². The van der Waals surface area contributed by atoms with E-state index in [0.29, 0.717) is 12.3 Å². The topological polar surface area (TPSA) is 54.5 Å². The van der Waals surface area contributed by atoms with Crippen molar-refractivity contribution >= 4 is 17.2 Å². The van der Waals surface area contributed by atoms with Crippen molar-refractivity contribution < 1.29 is 9.53 Å². The number of nitrogens with one attached hydrogen (secondary N) is 1. The first kappa shape index (κ1) is 18.8. The number of likely N-dealkylation sites (tertiary alicyclic amines) is 1.